The molecule has 1 fully saturated rings. The van der Waals surface area contributed by atoms with Gasteiger partial charge in [0.1, 0.15) is 17.6 Å². The lowest BCUT2D eigenvalue weighted by molar-refractivity contribution is 0.187. The number of hydrogen-bond acceptors (Lipinski definition) is 4. The maximum absolute atomic E-state index is 5.53. The monoisotopic (exact) mass is 247 g/mol. The first-order valence-corrected chi connectivity index (χ1v) is 6.19. The number of rotatable bonds is 4. The lowest BCUT2D eigenvalue weighted by atomic mass is 10.1. The van der Waals surface area contributed by atoms with E-state index in [-0.39, 0.29) is 6.04 Å². The third-order valence-corrected chi connectivity index (χ3v) is 3.28. The standard InChI is InChI=1S/C13H17N3O2/c1-16-6-5-14-13(16)12(11-3-2-7-18-11)15-10-4-8-17-9-10/h2-3,5-7,10,12,15H,4,8-9H2,1H3. The number of ether oxygens (including phenoxy) is 1. The molecule has 0 bridgehead atoms. The fourth-order valence-corrected chi connectivity index (χ4v) is 2.30. The second-order valence-electron chi connectivity index (χ2n) is 4.57. The Balaban J connectivity index is 1.86. The zero-order chi connectivity index (χ0) is 12.4. The molecule has 2 atom stereocenters. The molecule has 2 unspecified atom stereocenters. The molecule has 96 valence electrons. The van der Waals surface area contributed by atoms with Crippen molar-refractivity contribution < 1.29 is 9.15 Å². The zero-order valence-electron chi connectivity index (χ0n) is 10.4. The van der Waals surface area contributed by atoms with E-state index in [0.717, 1.165) is 31.2 Å². The van der Waals surface area contributed by atoms with Gasteiger partial charge in [-0.15, -0.1) is 0 Å². The fraction of sp³-hybridized carbons (Fsp3) is 0.462. The van der Waals surface area contributed by atoms with Gasteiger partial charge in [-0.3, -0.25) is 5.32 Å². The summed E-state index contributed by atoms with van der Waals surface area (Å²) in [5.74, 6) is 1.84. The van der Waals surface area contributed by atoms with Gasteiger partial charge < -0.3 is 13.7 Å². The molecule has 5 nitrogen and oxygen atoms in total. The first kappa shape index (κ1) is 11.5. The van der Waals surface area contributed by atoms with Crippen LogP contribution in [0.1, 0.15) is 24.0 Å². The van der Waals surface area contributed by atoms with E-state index in [9.17, 15) is 0 Å². The van der Waals surface area contributed by atoms with Gasteiger partial charge in [0.25, 0.3) is 0 Å². The van der Waals surface area contributed by atoms with Crippen LogP contribution in [0.15, 0.2) is 35.2 Å². The van der Waals surface area contributed by atoms with Crippen LogP contribution >= 0.6 is 0 Å². The molecule has 1 aliphatic rings. The number of nitrogens with one attached hydrogen (secondary N) is 1. The SMILES string of the molecule is Cn1ccnc1C(NC1CCOC1)c1ccco1. The van der Waals surface area contributed by atoms with E-state index in [1.54, 1.807) is 12.5 Å². The Hall–Kier alpha value is -1.59. The summed E-state index contributed by atoms with van der Waals surface area (Å²) >= 11 is 0. The quantitative estimate of drug-likeness (QED) is 0.889. The molecule has 0 aromatic carbocycles. The molecule has 0 aliphatic carbocycles. The number of nitrogens with zero attached hydrogens (tertiary/aromatic N) is 2. The Morgan fingerprint density at radius 2 is 2.50 bits per heavy atom. The number of imidazole rings is 1. The highest BCUT2D eigenvalue weighted by atomic mass is 16.5. The third kappa shape index (κ3) is 2.19. The van der Waals surface area contributed by atoms with E-state index in [4.69, 9.17) is 9.15 Å². The van der Waals surface area contributed by atoms with Gasteiger partial charge in [0.15, 0.2) is 0 Å². The van der Waals surface area contributed by atoms with Gasteiger partial charge in [-0.1, -0.05) is 0 Å². The Bertz CT molecular complexity index is 486. The summed E-state index contributed by atoms with van der Waals surface area (Å²) in [4.78, 5) is 4.41. The van der Waals surface area contributed by atoms with E-state index >= 15 is 0 Å². The van der Waals surface area contributed by atoms with E-state index < -0.39 is 0 Å². The summed E-state index contributed by atoms with van der Waals surface area (Å²) in [5.41, 5.74) is 0. The molecule has 0 spiro atoms. The Morgan fingerprint density at radius 1 is 1.56 bits per heavy atom. The molecule has 2 aromatic rings. The molecule has 2 aromatic heterocycles. The Kier molecular flexibility index (Phi) is 3.17. The Morgan fingerprint density at radius 3 is 3.11 bits per heavy atom. The molecule has 3 rings (SSSR count). The number of furan rings is 1. The summed E-state index contributed by atoms with van der Waals surface area (Å²) in [5, 5.41) is 3.56. The van der Waals surface area contributed by atoms with Crippen LogP contribution in [-0.4, -0.2) is 28.8 Å². The van der Waals surface area contributed by atoms with E-state index in [2.05, 4.69) is 10.3 Å². The normalized spacial score (nSPS) is 21.3. The average Bonchev–Trinajstić information content (AvgIpc) is 3.09. The molecule has 0 radical (unpaired) electrons. The van der Waals surface area contributed by atoms with Crippen LogP contribution < -0.4 is 5.32 Å². The maximum atomic E-state index is 5.53. The first-order valence-electron chi connectivity index (χ1n) is 6.19. The van der Waals surface area contributed by atoms with Crippen LogP contribution in [0, 0.1) is 0 Å². The number of aromatic nitrogens is 2. The lowest BCUT2D eigenvalue weighted by Crippen LogP contribution is -2.34. The molecule has 1 aliphatic heterocycles. The van der Waals surface area contributed by atoms with Crippen molar-refractivity contribution in [2.24, 2.45) is 7.05 Å². The van der Waals surface area contributed by atoms with Crippen molar-refractivity contribution in [3.63, 3.8) is 0 Å². The summed E-state index contributed by atoms with van der Waals surface area (Å²) in [6.07, 6.45) is 6.47. The smallest absolute Gasteiger partial charge is 0.133 e. The molecule has 18 heavy (non-hydrogen) atoms. The predicted octanol–water partition coefficient (Wildman–Crippen LogP) is 1.48. The minimum atomic E-state index is -0.0216. The number of hydrogen-bond donors (Lipinski definition) is 1. The molecular weight excluding hydrogens is 230 g/mol. The molecule has 1 N–H and O–H groups in total. The summed E-state index contributed by atoms with van der Waals surface area (Å²) in [6, 6.07) is 4.21. The van der Waals surface area contributed by atoms with Crippen molar-refractivity contribution in [3.8, 4) is 0 Å². The van der Waals surface area contributed by atoms with Gasteiger partial charge in [-0.2, -0.15) is 0 Å². The van der Waals surface area contributed by atoms with Crippen LogP contribution in [0.25, 0.3) is 0 Å². The van der Waals surface area contributed by atoms with Gasteiger partial charge >= 0.3 is 0 Å². The van der Waals surface area contributed by atoms with Crippen LogP contribution in [0.2, 0.25) is 0 Å². The van der Waals surface area contributed by atoms with Crippen molar-refractivity contribution in [1.29, 1.82) is 0 Å². The van der Waals surface area contributed by atoms with Gasteiger partial charge in [0, 0.05) is 32.1 Å². The van der Waals surface area contributed by atoms with Crippen molar-refractivity contribution in [3.05, 3.63) is 42.4 Å². The fourth-order valence-electron chi connectivity index (χ4n) is 2.30. The summed E-state index contributed by atoms with van der Waals surface area (Å²) in [7, 11) is 1.99. The van der Waals surface area contributed by atoms with Crippen molar-refractivity contribution in [1.82, 2.24) is 14.9 Å². The summed E-state index contributed by atoms with van der Waals surface area (Å²) in [6.45, 7) is 1.57. The predicted molar refractivity (Wildman–Crippen MR) is 66.1 cm³/mol. The van der Waals surface area contributed by atoms with E-state index in [1.807, 2.05) is 29.9 Å². The highest BCUT2D eigenvalue weighted by Gasteiger charge is 2.26. The van der Waals surface area contributed by atoms with Crippen LogP contribution in [0.3, 0.4) is 0 Å². The lowest BCUT2D eigenvalue weighted by Gasteiger charge is -2.20. The van der Waals surface area contributed by atoms with Gasteiger partial charge in [0.2, 0.25) is 0 Å². The van der Waals surface area contributed by atoms with Crippen molar-refractivity contribution in [2.45, 2.75) is 18.5 Å². The van der Waals surface area contributed by atoms with Gasteiger partial charge in [-0.25, -0.2) is 4.98 Å². The van der Waals surface area contributed by atoms with Crippen LogP contribution in [0.5, 0.6) is 0 Å². The van der Waals surface area contributed by atoms with E-state index in [1.165, 1.54) is 0 Å². The Labute approximate surface area is 106 Å². The highest BCUT2D eigenvalue weighted by Crippen LogP contribution is 2.22. The summed E-state index contributed by atoms with van der Waals surface area (Å²) < 4.78 is 12.9. The molecule has 3 heterocycles. The van der Waals surface area contributed by atoms with Gasteiger partial charge in [0.05, 0.1) is 12.9 Å². The first-order chi connectivity index (χ1) is 8.84. The van der Waals surface area contributed by atoms with Crippen LogP contribution in [0.4, 0.5) is 0 Å². The second-order valence-corrected chi connectivity index (χ2v) is 4.57. The second kappa shape index (κ2) is 4.96. The topological polar surface area (TPSA) is 52.2 Å². The zero-order valence-corrected chi connectivity index (χ0v) is 10.4. The maximum Gasteiger partial charge on any atom is 0.133 e. The molecule has 5 heteroatoms. The minimum Gasteiger partial charge on any atom is -0.467 e. The molecule has 1 saturated heterocycles. The van der Waals surface area contributed by atoms with Crippen molar-refractivity contribution in [2.75, 3.05) is 13.2 Å². The highest BCUT2D eigenvalue weighted by molar-refractivity contribution is 5.16. The van der Waals surface area contributed by atoms with Crippen LogP contribution in [-0.2, 0) is 11.8 Å². The number of aryl methyl sites for hydroxylation is 1. The molecular formula is C13H17N3O2. The average molecular weight is 247 g/mol. The third-order valence-electron chi connectivity index (χ3n) is 3.28. The largest absolute Gasteiger partial charge is 0.467 e. The van der Waals surface area contributed by atoms with Crippen molar-refractivity contribution >= 4 is 0 Å². The van der Waals surface area contributed by atoms with E-state index in [0.29, 0.717) is 6.04 Å². The van der Waals surface area contributed by atoms with Gasteiger partial charge in [-0.05, 0) is 18.6 Å². The minimum absolute atomic E-state index is 0.0216. The molecule has 0 amide bonds. The molecule has 0 saturated carbocycles.